The molecule has 2 aromatic heterocycles. The van der Waals surface area contributed by atoms with E-state index in [9.17, 15) is 4.79 Å². The van der Waals surface area contributed by atoms with Gasteiger partial charge in [0.05, 0.1) is 18.0 Å². The van der Waals surface area contributed by atoms with Gasteiger partial charge in [-0.1, -0.05) is 19.0 Å². The molecule has 106 valence electrons. The largest absolute Gasteiger partial charge is 0.459 e. The van der Waals surface area contributed by atoms with Crippen LogP contribution in [0.3, 0.4) is 0 Å². The van der Waals surface area contributed by atoms with Crippen LogP contribution in [0.5, 0.6) is 0 Å². The van der Waals surface area contributed by atoms with Crippen molar-refractivity contribution in [1.29, 1.82) is 0 Å². The van der Waals surface area contributed by atoms with Gasteiger partial charge in [0, 0.05) is 12.6 Å². The molecule has 3 heterocycles. The van der Waals surface area contributed by atoms with Crippen molar-refractivity contribution in [3.05, 3.63) is 41.7 Å². The summed E-state index contributed by atoms with van der Waals surface area (Å²) in [6.45, 7) is 4.87. The summed E-state index contributed by atoms with van der Waals surface area (Å²) in [7, 11) is 0. The average molecular weight is 274 g/mol. The molecule has 5 nitrogen and oxygen atoms in total. The van der Waals surface area contributed by atoms with Crippen molar-refractivity contribution >= 4 is 5.91 Å². The fourth-order valence-corrected chi connectivity index (χ4v) is 2.58. The minimum absolute atomic E-state index is 0.0346. The molecule has 1 saturated heterocycles. The highest BCUT2D eigenvalue weighted by Crippen LogP contribution is 2.34. The van der Waals surface area contributed by atoms with Gasteiger partial charge in [0.25, 0.3) is 5.91 Å². The second kappa shape index (κ2) is 5.15. The number of hydrogen-bond acceptors (Lipinski definition) is 4. The summed E-state index contributed by atoms with van der Waals surface area (Å²) in [6, 6.07) is 5.34. The Morgan fingerprint density at radius 2 is 2.35 bits per heavy atom. The number of aromatic nitrogens is 1. The zero-order valence-corrected chi connectivity index (χ0v) is 11.7. The first-order valence-electron chi connectivity index (χ1n) is 6.98. The zero-order valence-electron chi connectivity index (χ0n) is 11.7. The highest BCUT2D eigenvalue weighted by molar-refractivity contribution is 5.91. The van der Waals surface area contributed by atoms with Gasteiger partial charge >= 0.3 is 0 Å². The number of nitrogens with zero attached hydrogens (tertiary/aromatic N) is 2. The molecule has 0 aromatic carbocycles. The molecule has 0 aliphatic carbocycles. The summed E-state index contributed by atoms with van der Waals surface area (Å²) < 4.78 is 10.6. The Balaban J connectivity index is 1.83. The molecule has 0 N–H and O–H groups in total. The highest BCUT2D eigenvalue weighted by atomic mass is 16.5. The molecule has 1 unspecified atom stereocenters. The molecule has 1 aliphatic rings. The maximum Gasteiger partial charge on any atom is 0.290 e. The second-order valence-corrected chi connectivity index (χ2v) is 5.44. The third-order valence-corrected chi connectivity index (χ3v) is 3.71. The van der Waals surface area contributed by atoms with Crippen molar-refractivity contribution in [3.8, 4) is 0 Å². The minimum Gasteiger partial charge on any atom is -0.459 e. The van der Waals surface area contributed by atoms with Crippen molar-refractivity contribution in [3.63, 3.8) is 0 Å². The van der Waals surface area contributed by atoms with Crippen LogP contribution in [0.4, 0.5) is 0 Å². The van der Waals surface area contributed by atoms with Gasteiger partial charge in [0.2, 0.25) is 0 Å². The number of amides is 1. The molecule has 2 aromatic rings. The first-order valence-corrected chi connectivity index (χ1v) is 6.98. The van der Waals surface area contributed by atoms with Crippen LogP contribution < -0.4 is 0 Å². The fraction of sp³-hybridized carbons (Fsp3) is 0.467. The van der Waals surface area contributed by atoms with Gasteiger partial charge in [0.15, 0.2) is 11.5 Å². The topological polar surface area (TPSA) is 59.5 Å². The average Bonchev–Trinajstić information content (AvgIpc) is 3.17. The Hall–Kier alpha value is -2.04. The van der Waals surface area contributed by atoms with Gasteiger partial charge in [-0.2, -0.15) is 0 Å². The number of rotatable bonds is 3. The summed E-state index contributed by atoms with van der Waals surface area (Å²) in [6.07, 6.45) is 3.39. The van der Waals surface area contributed by atoms with Crippen molar-refractivity contribution in [2.75, 3.05) is 6.54 Å². The molecule has 20 heavy (non-hydrogen) atoms. The maximum atomic E-state index is 12.4. The number of carbonyl (C=O) groups excluding carboxylic acids is 1. The molecular weight excluding hydrogens is 256 g/mol. The summed E-state index contributed by atoms with van der Waals surface area (Å²) in [5, 5.41) is 4.08. The molecule has 0 bridgehead atoms. The van der Waals surface area contributed by atoms with Gasteiger partial charge < -0.3 is 13.8 Å². The van der Waals surface area contributed by atoms with Gasteiger partial charge in [0.1, 0.15) is 0 Å². The number of likely N-dealkylation sites (tertiary alicyclic amines) is 1. The van der Waals surface area contributed by atoms with Crippen LogP contribution in [0, 0.1) is 0 Å². The second-order valence-electron chi connectivity index (χ2n) is 5.44. The van der Waals surface area contributed by atoms with Crippen LogP contribution >= 0.6 is 0 Å². The van der Waals surface area contributed by atoms with Crippen molar-refractivity contribution < 1.29 is 13.7 Å². The van der Waals surface area contributed by atoms with E-state index in [0.717, 1.165) is 30.8 Å². The van der Waals surface area contributed by atoms with Crippen LogP contribution in [-0.4, -0.2) is 22.5 Å². The van der Waals surface area contributed by atoms with Crippen LogP contribution in [0.2, 0.25) is 0 Å². The van der Waals surface area contributed by atoms with E-state index < -0.39 is 0 Å². The first kappa shape index (κ1) is 13.0. The predicted octanol–water partition coefficient (Wildman–Crippen LogP) is 3.37. The highest BCUT2D eigenvalue weighted by Gasteiger charge is 2.34. The Bertz CT molecular complexity index is 586. The monoisotopic (exact) mass is 274 g/mol. The van der Waals surface area contributed by atoms with Crippen LogP contribution in [0.25, 0.3) is 0 Å². The van der Waals surface area contributed by atoms with Crippen LogP contribution in [-0.2, 0) is 0 Å². The predicted molar refractivity (Wildman–Crippen MR) is 72.3 cm³/mol. The molecule has 1 atom stereocenters. The molecule has 1 aliphatic heterocycles. The van der Waals surface area contributed by atoms with Gasteiger partial charge in [-0.25, -0.2) is 0 Å². The van der Waals surface area contributed by atoms with E-state index in [1.165, 1.54) is 6.26 Å². The van der Waals surface area contributed by atoms with Gasteiger partial charge in [-0.3, -0.25) is 4.79 Å². The standard InChI is InChI=1S/C15H18N2O3/c1-10(2)11-9-14(20-16-11)12-5-3-7-17(12)15(18)13-6-4-8-19-13/h4,6,8-10,12H,3,5,7H2,1-2H3. The van der Waals surface area contributed by atoms with Crippen molar-refractivity contribution in [1.82, 2.24) is 10.1 Å². The lowest BCUT2D eigenvalue weighted by atomic mass is 10.1. The molecule has 0 saturated carbocycles. The lowest BCUT2D eigenvalue weighted by Gasteiger charge is -2.21. The molecule has 1 fully saturated rings. The van der Waals surface area contributed by atoms with E-state index in [4.69, 9.17) is 8.94 Å². The van der Waals surface area contributed by atoms with Crippen molar-refractivity contribution in [2.24, 2.45) is 0 Å². The van der Waals surface area contributed by atoms with E-state index in [0.29, 0.717) is 11.7 Å². The lowest BCUT2D eigenvalue weighted by Crippen LogP contribution is -2.30. The minimum atomic E-state index is -0.0833. The summed E-state index contributed by atoms with van der Waals surface area (Å²) in [4.78, 5) is 14.2. The van der Waals surface area contributed by atoms with Crippen LogP contribution in [0.1, 0.15) is 60.7 Å². The Kier molecular flexibility index (Phi) is 3.34. The van der Waals surface area contributed by atoms with E-state index >= 15 is 0 Å². The van der Waals surface area contributed by atoms with E-state index in [-0.39, 0.29) is 11.9 Å². The number of carbonyl (C=O) groups is 1. The molecule has 5 heteroatoms. The Morgan fingerprint density at radius 1 is 1.50 bits per heavy atom. The Morgan fingerprint density at radius 3 is 3.00 bits per heavy atom. The smallest absolute Gasteiger partial charge is 0.290 e. The van der Waals surface area contributed by atoms with Gasteiger partial charge in [-0.15, -0.1) is 0 Å². The SMILES string of the molecule is CC(C)c1cc(C2CCCN2C(=O)c2ccco2)on1. The molecule has 1 amide bonds. The van der Waals surface area contributed by atoms with E-state index in [1.807, 2.05) is 11.0 Å². The van der Waals surface area contributed by atoms with Crippen molar-refractivity contribution in [2.45, 2.75) is 38.6 Å². The third kappa shape index (κ3) is 2.24. The van der Waals surface area contributed by atoms with E-state index in [1.54, 1.807) is 12.1 Å². The molecular formula is C15H18N2O3. The molecule has 3 rings (SSSR count). The van der Waals surface area contributed by atoms with Gasteiger partial charge in [-0.05, 0) is 30.9 Å². The molecule has 0 radical (unpaired) electrons. The zero-order chi connectivity index (χ0) is 14.1. The summed E-state index contributed by atoms with van der Waals surface area (Å²) in [5.74, 6) is 1.38. The third-order valence-electron chi connectivity index (χ3n) is 3.71. The maximum absolute atomic E-state index is 12.4. The number of furan rings is 1. The van der Waals surface area contributed by atoms with Crippen LogP contribution in [0.15, 0.2) is 33.4 Å². The quantitative estimate of drug-likeness (QED) is 0.861. The summed E-state index contributed by atoms with van der Waals surface area (Å²) >= 11 is 0. The number of hydrogen-bond donors (Lipinski definition) is 0. The Labute approximate surface area is 117 Å². The normalized spacial score (nSPS) is 18.9. The fourth-order valence-electron chi connectivity index (χ4n) is 2.58. The molecule has 0 spiro atoms. The van der Waals surface area contributed by atoms with E-state index in [2.05, 4.69) is 19.0 Å². The first-order chi connectivity index (χ1) is 9.66. The lowest BCUT2D eigenvalue weighted by molar-refractivity contribution is 0.0682. The summed E-state index contributed by atoms with van der Waals surface area (Å²) in [5.41, 5.74) is 0.928.